The van der Waals surface area contributed by atoms with Crippen LogP contribution in [0.15, 0.2) is 42.5 Å². The van der Waals surface area contributed by atoms with Gasteiger partial charge in [0.2, 0.25) is 0 Å². The third-order valence-corrected chi connectivity index (χ3v) is 8.60. The molecule has 0 saturated carbocycles. The van der Waals surface area contributed by atoms with E-state index in [0.29, 0.717) is 25.6 Å². The highest BCUT2D eigenvalue weighted by molar-refractivity contribution is 6.60. The molecule has 0 amide bonds. The summed E-state index contributed by atoms with van der Waals surface area (Å²) in [7, 11) is -2.65. The van der Waals surface area contributed by atoms with Crippen molar-refractivity contribution in [2.45, 2.75) is 72.3 Å². The van der Waals surface area contributed by atoms with Gasteiger partial charge in [-0.2, -0.15) is 0 Å². The Balaban J connectivity index is 2.12. The van der Waals surface area contributed by atoms with Crippen molar-refractivity contribution >= 4 is 8.80 Å². The molecule has 0 aliphatic heterocycles. The zero-order chi connectivity index (χ0) is 22.5. The molecule has 0 fully saturated rings. The first-order valence-electron chi connectivity index (χ1n) is 11.9. The van der Waals surface area contributed by atoms with E-state index in [0.717, 1.165) is 30.9 Å². The second-order valence-electron chi connectivity index (χ2n) is 7.83. The van der Waals surface area contributed by atoms with Gasteiger partial charge >= 0.3 is 8.80 Å². The zero-order valence-corrected chi connectivity index (χ0v) is 20.8. The molecular weight excluding hydrogens is 404 g/mol. The van der Waals surface area contributed by atoms with Gasteiger partial charge in [0, 0.05) is 25.9 Å². The highest BCUT2D eigenvalue weighted by atomic mass is 28.4. The molecule has 2 aromatic carbocycles. The van der Waals surface area contributed by atoms with Gasteiger partial charge in [0.1, 0.15) is 5.75 Å². The molecule has 0 bridgehead atoms. The van der Waals surface area contributed by atoms with E-state index in [2.05, 4.69) is 31.2 Å². The number of phenolic OH excluding ortho intramolecular Hbond substituents is 1. The Morgan fingerprint density at radius 3 is 1.97 bits per heavy atom. The minimum atomic E-state index is -2.65. The molecule has 0 radical (unpaired) electrons. The van der Waals surface area contributed by atoms with Crippen LogP contribution in [0, 0.1) is 0 Å². The number of unbranched alkanes of at least 4 members (excludes halogenated alkanes) is 2. The monoisotopic (exact) mass is 444 g/mol. The summed E-state index contributed by atoms with van der Waals surface area (Å²) in [6.07, 6.45) is 6.62. The van der Waals surface area contributed by atoms with E-state index in [4.69, 9.17) is 13.3 Å². The van der Waals surface area contributed by atoms with Gasteiger partial charge in [0.05, 0.1) is 0 Å². The Morgan fingerprint density at radius 2 is 1.39 bits per heavy atom. The summed E-state index contributed by atoms with van der Waals surface area (Å²) >= 11 is 0. The lowest BCUT2D eigenvalue weighted by Gasteiger charge is -2.28. The molecule has 2 aromatic rings. The predicted molar refractivity (Wildman–Crippen MR) is 131 cm³/mol. The summed E-state index contributed by atoms with van der Waals surface area (Å²) < 4.78 is 18.0. The van der Waals surface area contributed by atoms with E-state index in [1.54, 1.807) is 6.07 Å². The maximum Gasteiger partial charge on any atom is 0.500 e. The molecule has 0 heterocycles. The van der Waals surface area contributed by atoms with Crippen molar-refractivity contribution in [1.82, 2.24) is 0 Å². The molecule has 5 heteroatoms. The molecule has 0 aromatic heterocycles. The van der Waals surface area contributed by atoms with Crippen molar-refractivity contribution in [1.29, 1.82) is 0 Å². The minimum absolute atomic E-state index is 0.304. The fourth-order valence-corrected chi connectivity index (χ4v) is 6.61. The van der Waals surface area contributed by atoms with E-state index < -0.39 is 8.80 Å². The molecule has 2 rings (SSSR count). The van der Waals surface area contributed by atoms with Crippen LogP contribution < -0.4 is 0 Å². The van der Waals surface area contributed by atoms with Crippen molar-refractivity contribution in [3.8, 4) is 16.9 Å². The second-order valence-corrected chi connectivity index (χ2v) is 10.6. The Morgan fingerprint density at radius 1 is 0.742 bits per heavy atom. The molecule has 1 N–H and O–H groups in total. The SMILES string of the molecule is CCCCCc1ccc(-c2ccc(O)cc2CCC[Si](OCC)(OCC)OCC)cc1. The van der Waals surface area contributed by atoms with E-state index in [1.165, 1.54) is 36.0 Å². The van der Waals surface area contributed by atoms with Gasteiger partial charge in [-0.15, -0.1) is 0 Å². The molecule has 172 valence electrons. The summed E-state index contributed by atoms with van der Waals surface area (Å²) in [5.74, 6) is 0.304. The number of rotatable bonds is 15. The molecule has 0 spiro atoms. The number of benzene rings is 2. The number of phenols is 1. The largest absolute Gasteiger partial charge is 0.508 e. The first-order valence-corrected chi connectivity index (χ1v) is 13.8. The third kappa shape index (κ3) is 8.07. The van der Waals surface area contributed by atoms with Crippen LogP contribution >= 0.6 is 0 Å². The summed E-state index contributed by atoms with van der Waals surface area (Å²) in [5, 5.41) is 10.1. The molecule has 4 nitrogen and oxygen atoms in total. The fourth-order valence-electron chi connectivity index (χ4n) is 4.00. The van der Waals surface area contributed by atoms with Gasteiger partial charge in [-0.25, -0.2) is 0 Å². The topological polar surface area (TPSA) is 47.9 Å². The molecule has 0 atom stereocenters. The van der Waals surface area contributed by atoms with Crippen molar-refractivity contribution in [2.75, 3.05) is 19.8 Å². The average molecular weight is 445 g/mol. The van der Waals surface area contributed by atoms with Crippen molar-refractivity contribution < 1.29 is 18.4 Å². The molecule has 0 unspecified atom stereocenters. The molecule has 31 heavy (non-hydrogen) atoms. The van der Waals surface area contributed by atoms with Crippen LogP contribution in [0.3, 0.4) is 0 Å². The average Bonchev–Trinajstić information content (AvgIpc) is 2.75. The van der Waals surface area contributed by atoms with Crippen molar-refractivity contribution in [3.05, 3.63) is 53.6 Å². The molecule has 0 aliphatic carbocycles. The minimum Gasteiger partial charge on any atom is -0.508 e. The molecule has 0 saturated heterocycles. The van der Waals surface area contributed by atoms with Crippen LogP contribution in [0.2, 0.25) is 6.04 Å². The Hall–Kier alpha value is -1.66. The number of hydrogen-bond donors (Lipinski definition) is 1. The van der Waals surface area contributed by atoms with Gasteiger partial charge < -0.3 is 18.4 Å². The van der Waals surface area contributed by atoms with E-state index in [9.17, 15) is 5.11 Å². The lowest BCUT2D eigenvalue weighted by atomic mass is 9.95. The van der Waals surface area contributed by atoms with Crippen LogP contribution in [0.4, 0.5) is 0 Å². The van der Waals surface area contributed by atoms with Crippen LogP contribution in [-0.2, 0) is 26.1 Å². The lowest BCUT2D eigenvalue weighted by molar-refractivity contribution is 0.0708. The van der Waals surface area contributed by atoms with Crippen LogP contribution in [-0.4, -0.2) is 33.7 Å². The maximum atomic E-state index is 10.1. The Labute approximate surface area is 189 Å². The number of aromatic hydroxyl groups is 1. The summed E-state index contributed by atoms with van der Waals surface area (Å²) in [6.45, 7) is 9.97. The van der Waals surface area contributed by atoms with Gasteiger partial charge in [0.25, 0.3) is 0 Å². The summed E-state index contributed by atoms with van der Waals surface area (Å²) in [6, 6.07) is 15.3. The predicted octanol–water partition coefficient (Wildman–Crippen LogP) is 6.77. The van der Waals surface area contributed by atoms with E-state index in [1.807, 2.05) is 32.9 Å². The zero-order valence-electron chi connectivity index (χ0n) is 19.8. The van der Waals surface area contributed by atoms with Gasteiger partial charge in [-0.3, -0.25) is 0 Å². The number of aryl methyl sites for hydroxylation is 2. The Kier molecular flexibility index (Phi) is 11.3. The third-order valence-electron chi connectivity index (χ3n) is 5.44. The maximum absolute atomic E-state index is 10.1. The van der Waals surface area contributed by atoms with Crippen molar-refractivity contribution in [2.24, 2.45) is 0 Å². The highest BCUT2D eigenvalue weighted by Crippen LogP contribution is 2.30. The lowest BCUT2D eigenvalue weighted by Crippen LogP contribution is -2.46. The number of hydrogen-bond acceptors (Lipinski definition) is 4. The van der Waals surface area contributed by atoms with Crippen LogP contribution in [0.5, 0.6) is 5.75 Å². The highest BCUT2D eigenvalue weighted by Gasteiger charge is 2.39. The van der Waals surface area contributed by atoms with Gasteiger partial charge in [-0.1, -0.05) is 50.1 Å². The van der Waals surface area contributed by atoms with Crippen LogP contribution in [0.1, 0.15) is 64.5 Å². The van der Waals surface area contributed by atoms with Gasteiger partial charge in [0.15, 0.2) is 0 Å². The molecular formula is C26H40O4Si. The molecule has 0 aliphatic rings. The van der Waals surface area contributed by atoms with E-state index >= 15 is 0 Å². The smallest absolute Gasteiger partial charge is 0.500 e. The normalized spacial score (nSPS) is 11.7. The Bertz CT molecular complexity index is 743. The summed E-state index contributed by atoms with van der Waals surface area (Å²) in [5.41, 5.74) is 4.90. The fraction of sp³-hybridized carbons (Fsp3) is 0.538. The quantitative estimate of drug-likeness (QED) is 0.243. The van der Waals surface area contributed by atoms with Crippen molar-refractivity contribution in [3.63, 3.8) is 0 Å². The second kappa shape index (κ2) is 13.7. The summed E-state index contributed by atoms with van der Waals surface area (Å²) in [4.78, 5) is 0. The van der Waals surface area contributed by atoms with Crippen LogP contribution in [0.25, 0.3) is 11.1 Å². The first-order chi connectivity index (χ1) is 15.1. The standard InChI is InChI=1S/C26H40O4Si/c1-5-9-10-12-22-14-16-23(17-15-22)26-19-18-25(27)21-24(26)13-11-20-31(28-6-2,29-7-3)30-8-4/h14-19,21,27H,5-13,20H2,1-4H3. The first kappa shape index (κ1) is 25.6. The van der Waals surface area contributed by atoms with Gasteiger partial charge in [-0.05, 0) is 80.8 Å². The van der Waals surface area contributed by atoms with E-state index in [-0.39, 0.29) is 0 Å².